The Morgan fingerprint density at radius 1 is 1.00 bits per heavy atom. The van der Waals surface area contributed by atoms with E-state index < -0.39 is 0 Å². The number of rotatable bonds is 3. The normalized spacial score (nSPS) is 11.2. The van der Waals surface area contributed by atoms with E-state index in [9.17, 15) is 4.79 Å². The summed E-state index contributed by atoms with van der Waals surface area (Å²) in [4.78, 5) is 17.7. The number of amides is 1. The molecule has 0 aliphatic rings. The third kappa shape index (κ3) is 2.84. The number of para-hydroxylation sites is 1. The number of carbonyl (C=O) groups excluding carboxylic acids is 1. The first kappa shape index (κ1) is 16.6. The predicted molar refractivity (Wildman–Crippen MR) is 113 cm³/mol. The highest BCUT2D eigenvalue weighted by molar-refractivity contribution is 7.20. The summed E-state index contributed by atoms with van der Waals surface area (Å²) >= 11 is 1.54. The molecule has 0 bridgehead atoms. The van der Waals surface area contributed by atoms with Crippen LogP contribution in [0.15, 0.2) is 72.8 Å². The summed E-state index contributed by atoms with van der Waals surface area (Å²) in [6.07, 6.45) is 0. The second kappa shape index (κ2) is 6.58. The van der Waals surface area contributed by atoms with Gasteiger partial charge in [0.15, 0.2) is 0 Å². The van der Waals surface area contributed by atoms with Crippen LogP contribution in [0.3, 0.4) is 0 Å². The van der Waals surface area contributed by atoms with E-state index in [1.54, 1.807) is 16.0 Å². The molecule has 0 aliphatic heterocycles. The molecule has 0 unspecified atom stereocenters. The first-order chi connectivity index (χ1) is 13.7. The third-order valence-electron chi connectivity index (χ3n) is 4.57. The highest BCUT2D eigenvalue weighted by atomic mass is 32.1. The van der Waals surface area contributed by atoms with Gasteiger partial charge in [-0.15, -0.1) is 0 Å². The number of aryl methyl sites for hydroxylation is 1. The van der Waals surface area contributed by atoms with Crippen molar-refractivity contribution in [3.8, 4) is 5.13 Å². The molecule has 2 aromatic heterocycles. The van der Waals surface area contributed by atoms with E-state index in [0.717, 1.165) is 31.8 Å². The number of carbonyl (C=O) groups is 1. The van der Waals surface area contributed by atoms with Gasteiger partial charge in [-0.1, -0.05) is 59.9 Å². The Kier molecular flexibility index (Phi) is 3.91. The Hall–Kier alpha value is -3.51. The zero-order chi connectivity index (χ0) is 19.1. The molecule has 6 heteroatoms. The van der Waals surface area contributed by atoms with Crippen molar-refractivity contribution in [1.29, 1.82) is 0 Å². The molecule has 28 heavy (non-hydrogen) atoms. The van der Waals surface area contributed by atoms with Crippen LogP contribution < -0.4 is 5.32 Å². The molecule has 3 aromatic carbocycles. The summed E-state index contributed by atoms with van der Waals surface area (Å²) in [5, 5.41) is 10.2. The fraction of sp³-hybridized carbons (Fsp3) is 0.0455. The average Bonchev–Trinajstić information content (AvgIpc) is 3.30. The zero-order valence-electron chi connectivity index (χ0n) is 15.1. The van der Waals surface area contributed by atoms with E-state index in [-0.39, 0.29) is 5.91 Å². The van der Waals surface area contributed by atoms with Crippen LogP contribution in [0.2, 0.25) is 0 Å². The van der Waals surface area contributed by atoms with Gasteiger partial charge in [-0.05, 0) is 35.9 Å². The van der Waals surface area contributed by atoms with Gasteiger partial charge in [0.25, 0.3) is 5.91 Å². The van der Waals surface area contributed by atoms with Crippen molar-refractivity contribution in [3.63, 3.8) is 0 Å². The number of hydrogen-bond donors (Lipinski definition) is 1. The summed E-state index contributed by atoms with van der Waals surface area (Å²) in [5.74, 6) is 0.438. The minimum atomic E-state index is -0.168. The minimum Gasteiger partial charge on any atom is -0.306 e. The molecule has 2 heterocycles. The molecule has 0 atom stereocenters. The number of benzene rings is 3. The van der Waals surface area contributed by atoms with Crippen molar-refractivity contribution in [2.24, 2.45) is 0 Å². The quantitative estimate of drug-likeness (QED) is 0.465. The number of nitrogens with zero attached hydrogens (tertiary/aromatic N) is 3. The van der Waals surface area contributed by atoms with Gasteiger partial charge in [0.05, 0.1) is 15.9 Å². The topological polar surface area (TPSA) is 59.8 Å². The van der Waals surface area contributed by atoms with Gasteiger partial charge in [0, 0.05) is 11.6 Å². The molecule has 5 rings (SSSR count). The van der Waals surface area contributed by atoms with Crippen LogP contribution in [0.25, 0.3) is 26.1 Å². The summed E-state index contributed by atoms with van der Waals surface area (Å²) < 4.78 is 2.78. The van der Waals surface area contributed by atoms with Crippen molar-refractivity contribution in [2.75, 3.05) is 5.32 Å². The van der Waals surface area contributed by atoms with Gasteiger partial charge in [-0.25, -0.2) is 4.98 Å². The first-order valence-corrected chi connectivity index (χ1v) is 9.72. The van der Waals surface area contributed by atoms with E-state index in [4.69, 9.17) is 0 Å². The third-order valence-corrected chi connectivity index (χ3v) is 5.58. The molecule has 0 saturated carbocycles. The molecule has 1 amide bonds. The number of fused-ring (bicyclic) bond motifs is 2. The monoisotopic (exact) mass is 384 g/mol. The van der Waals surface area contributed by atoms with E-state index in [1.807, 2.05) is 79.7 Å². The molecular weight excluding hydrogens is 368 g/mol. The average molecular weight is 384 g/mol. The maximum atomic E-state index is 13.0. The van der Waals surface area contributed by atoms with Gasteiger partial charge < -0.3 is 5.32 Å². The summed E-state index contributed by atoms with van der Waals surface area (Å²) in [5.41, 5.74) is 2.36. The van der Waals surface area contributed by atoms with Crippen molar-refractivity contribution in [3.05, 3.63) is 84.1 Å². The molecule has 136 valence electrons. The van der Waals surface area contributed by atoms with E-state index in [2.05, 4.69) is 15.4 Å². The van der Waals surface area contributed by atoms with E-state index in [0.29, 0.717) is 11.4 Å². The van der Waals surface area contributed by atoms with Crippen molar-refractivity contribution in [1.82, 2.24) is 14.8 Å². The van der Waals surface area contributed by atoms with Crippen LogP contribution in [0.5, 0.6) is 0 Å². The molecule has 0 radical (unpaired) electrons. The van der Waals surface area contributed by atoms with Crippen LogP contribution in [0.4, 0.5) is 5.82 Å². The maximum absolute atomic E-state index is 13.0. The van der Waals surface area contributed by atoms with E-state index in [1.165, 1.54) is 0 Å². The van der Waals surface area contributed by atoms with Crippen LogP contribution >= 0.6 is 11.3 Å². The molecule has 5 aromatic rings. The Bertz CT molecular complexity index is 1300. The minimum absolute atomic E-state index is 0.168. The molecular formula is C22H16N4OS. The van der Waals surface area contributed by atoms with Crippen molar-refractivity contribution in [2.45, 2.75) is 6.92 Å². The largest absolute Gasteiger partial charge is 0.306 e. The number of nitrogens with one attached hydrogen (secondary N) is 1. The lowest BCUT2D eigenvalue weighted by molar-refractivity contribution is 0.102. The lowest BCUT2D eigenvalue weighted by Gasteiger charge is -2.09. The Morgan fingerprint density at radius 2 is 1.79 bits per heavy atom. The maximum Gasteiger partial charge on any atom is 0.257 e. The smallest absolute Gasteiger partial charge is 0.257 e. The summed E-state index contributed by atoms with van der Waals surface area (Å²) in [7, 11) is 0. The van der Waals surface area contributed by atoms with Gasteiger partial charge in [0.1, 0.15) is 5.82 Å². The Morgan fingerprint density at radius 3 is 2.68 bits per heavy atom. The fourth-order valence-corrected chi connectivity index (χ4v) is 4.22. The number of hydrogen-bond acceptors (Lipinski definition) is 4. The van der Waals surface area contributed by atoms with Crippen LogP contribution in [0.1, 0.15) is 16.1 Å². The number of anilines is 1. The Labute approximate surface area is 165 Å². The standard InChI is InChI=1S/C22H16N4OS/c1-14-13-20(26(25-14)22-23-18-11-4-5-12-19(18)28-22)24-21(27)17-10-6-8-15-7-2-3-9-16(15)17/h2-13H,1H3,(H,24,27). The molecule has 1 N–H and O–H groups in total. The van der Waals surface area contributed by atoms with E-state index >= 15 is 0 Å². The van der Waals surface area contributed by atoms with Gasteiger partial charge in [-0.2, -0.15) is 9.78 Å². The zero-order valence-corrected chi connectivity index (χ0v) is 15.9. The van der Waals surface area contributed by atoms with Gasteiger partial charge in [0.2, 0.25) is 5.13 Å². The molecule has 0 saturated heterocycles. The van der Waals surface area contributed by atoms with Crippen LogP contribution in [0, 0.1) is 6.92 Å². The molecule has 0 aliphatic carbocycles. The Balaban J connectivity index is 1.54. The fourth-order valence-electron chi connectivity index (χ4n) is 3.29. The first-order valence-electron chi connectivity index (χ1n) is 8.91. The van der Waals surface area contributed by atoms with Crippen LogP contribution in [-0.2, 0) is 0 Å². The summed E-state index contributed by atoms with van der Waals surface area (Å²) in [6, 6.07) is 23.4. The highest BCUT2D eigenvalue weighted by Crippen LogP contribution is 2.27. The second-order valence-corrected chi connectivity index (χ2v) is 7.54. The molecule has 0 spiro atoms. The second-order valence-electron chi connectivity index (χ2n) is 6.53. The van der Waals surface area contributed by atoms with Crippen molar-refractivity contribution >= 4 is 44.1 Å². The van der Waals surface area contributed by atoms with Gasteiger partial charge >= 0.3 is 0 Å². The highest BCUT2D eigenvalue weighted by Gasteiger charge is 2.16. The van der Waals surface area contributed by atoms with Crippen LogP contribution in [-0.4, -0.2) is 20.7 Å². The molecule has 0 fully saturated rings. The number of thiazole rings is 1. The predicted octanol–water partition coefficient (Wildman–Crippen LogP) is 5.20. The van der Waals surface area contributed by atoms with Gasteiger partial charge in [-0.3, -0.25) is 4.79 Å². The SMILES string of the molecule is Cc1cc(NC(=O)c2cccc3ccccc23)n(-c2nc3ccccc3s2)n1. The lowest BCUT2D eigenvalue weighted by Crippen LogP contribution is -2.15. The van der Waals surface area contributed by atoms with Crippen molar-refractivity contribution < 1.29 is 4.79 Å². The summed E-state index contributed by atoms with van der Waals surface area (Å²) in [6.45, 7) is 1.90. The lowest BCUT2D eigenvalue weighted by atomic mass is 10.0. The number of aromatic nitrogens is 3. The molecule has 5 nitrogen and oxygen atoms in total.